The van der Waals surface area contributed by atoms with Gasteiger partial charge in [0.05, 0.1) is 17.0 Å². The summed E-state index contributed by atoms with van der Waals surface area (Å²) in [6.45, 7) is 3.84. The van der Waals surface area contributed by atoms with Crippen molar-refractivity contribution in [1.82, 2.24) is 4.98 Å². The van der Waals surface area contributed by atoms with Crippen molar-refractivity contribution >= 4 is 0 Å². The minimum atomic E-state index is -4.49. The van der Waals surface area contributed by atoms with Crippen LogP contribution in [0.25, 0.3) is 22.4 Å². The summed E-state index contributed by atoms with van der Waals surface area (Å²) in [7, 11) is 0. The smallest absolute Gasteiger partial charge is 0.416 e. The first kappa shape index (κ1) is 24.4. The SMILES string of the molecule is CC(C)c1nc(-c2ccc(F)cc2)cc(-c2ccc(F)cc2)c1COc1cccc(C(F)(F)F)c1. The summed E-state index contributed by atoms with van der Waals surface area (Å²) in [4.78, 5) is 4.79. The van der Waals surface area contributed by atoms with Crippen molar-refractivity contribution in [3.63, 3.8) is 0 Å². The number of ether oxygens (including phenoxy) is 1. The standard InChI is InChI=1S/C28H22F5NO/c1-17(2)27-25(16-35-23-5-3-4-20(14-23)28(31,32)33)24(18-6-10-21(29)11-7-18)15-26(34-27)19-8-12-22(30)13-9-19/h3-15,17H,16H2,1-2H3. The number of nitrogens with zero attached hydrogens (tertiary/aromatic N) is 1. The van der Waals surface area contributed by atoms with Crippen LogP contribution >= 0.6 is 0 Å². The molecule has 0 aliphatic carbocycles. The summed E-state index contributed by atoms with van der Waals surface area (Å²) in [5.74, 6) is -0.757. The van der Waals surface area contributed by atoms with Gasteiger partial charge < -0.3 is 4.74 Å². The van der Waals surface area contributed by atoms with E-state index in [9.17, 15) is 22.0 Å². The van der Waals surface area contributed by atoms with Gasteiger partial charge in [0.25, 0.3) is 0 Å². The lowest BCUT2D eigenvalue weighted by Crippen LogP contribution is -2.09. The van der Waals surface area contributed by atoms with Gasteiger partial charge in [0.2, 0.25) is 0 Å². The van der Waals surface area contributed by atoms with Crippen molar-refractivity contribution in [2.75, 3.05) is 0 Å². The van der Waals surface area contributed by atoms with Crippen LogP contribution in [0.15, 0.2) is 78.9 Å². The average Bonchev–Trinajstić information content (AvgIpc) is 2.83. The summed E-state index contributed by atoms with van der Waals surface area (Å²) >= 11 is 0. The van der Waals surface area contributed by atoms with Crippen LogP contribution in [0.5, 0.6) is 5.75 Å². The number of benzene rings is 3. The fraction of sp³-hybridized carbons (Fsp3) is 0.179. The minimum Gasteiger partial charge on any atom is -0.489 e. The zero-order chi connectivity index (χ0) is 25.2. The van der Waals surface area contributed by atoms with Gasteiger partial charge >= 0.3 is 6.18 Å². The summed E-state index contributed by atoms with van der Waals surface area (Å²) in [5.41, 5.74) is 3.24. The highest BCUT2D eigenvalue weighted by atomic mass is 19.4. The highest BCUT2D eigenvalue weighted by Gasteiger charge is 2.30. The molecule has 180 valence electrons. The molecule has 7 heteroatoms. The Hall–Kier alpha value is -3.74. The van der Waals surface area contributed by atoms with E-state index in [1.54, 1.807) is 30.3 Å². The van der Waals surface area contributed by atoms with Gasteiger partial charge in [0, 0.05) is 11.1 Å². The van der Waals surface area contributed by atoms with Crippen molar-refractivity contribution in [1.29, 1.82) is 0 Å². The van der Waals surface area contributed by atoms with Gasteiger partial charge in [-0.2, -0.15) is 13.2 Å². The van der Waals surface area contributed by atoms with Gasteiger partial charge in [-0.1, -0.05) is 32.0 Å². The molecule has 0 saturated heterocycles. The van der Waals surface area contributed by atoms with Crippen LogP contribution in [0.4, 0.5) is 22.0 Å². The second-order valence-corrected chi connectivity index (χ2v) is 8.40. The van der Waals surface area contributed by atoms with Gasteiger partial charge in [0.15, 0.2) is 0 Å². The van der Waals surface area contributed by atoms with Gasteiger partial charge in [-0.3, -0.25) is 4.98 Å². The number of alkyl halides is 3. The van der Waals surface area contributed by atoms with E-state index in [0.29, 0.717) is 33.6 Å². The zero-order valence-electron chi connectivity index (χ0n) is 19.0. The normalized spacial score (nSPS) is 11.7. The molecule has 3 aromatic carbocycles. The van der Waals surface area contributed by atoms with Crippen molar-refractivity contribution < 1.29 is 26.7 Å². The molecule has 0 unspecified atom stereocenters. The Labute approximate surface area is 200 Å². The van der Waals surface area contributed by atoms with Crippen molar-refractivity contribution in [2.45, 2.75) is 32.5 Å². The highest BCUT2D eigenvalue weighted by molar-refractivity contribution is 5.74. The third-order valence-corrected chi connectivity index (χ3v) is 5.54. The number of pyridine rings is 1. The lowest BCUT2D eigenvalue weighted by atomic mass is 9.93. The largest absolute Gasteiger partial charge is 0.489 e. The molecule has 0 atom stereocenters. The monoisotopic (exact) mass is 483 g/mol. The summed E-state index contributed by atoms with van der Waals surface area (Å²) in [5, 5.41) is 0. The van der Waals surface area contributed by atoms with Crippen LogP contribution in [0.3, 0.4) is 0 Å². The molecule has 0 radical (unpaired) electrons. The van der Waals surface area contributed by atoms with Crippen LogP contribution in [0.2, 0.25) is 0 Å². The van der Waals surface area contributed by atoms with E-state index >= 15 is 0 Å². The van der Waals surface area contributed by atoms with E-state index in [-0.39, 0.29) is 24.1 Å². The summed E-state index contributed by atoms with van der Waals surface area (Å²) in [6.07, 6.45) is -4.49. The van der Waals surface area contributed by atoms with E-state index < -0.39 is 17.6 Å². The number of hydrogen-bond donors (Lipinski definition) is 0. The fourth-order valence-corrected chi connectivity index (χ4v) is 3.79. The third kappa shape index (κ3) is 5.67. The minimum absolute atomic E-state index is 0.0434. The molecule has 2 nitrogen and oxygen atoms in total. The Kier molecular flexibility index (Phi) is 6.87. The fourth-order valence-electron chi connectivity index (χ4n) is 3.79. The molecule has 1 aromatic heterocycles. The number of aromatic nitrogens is 1. The topological polar surface area (TPSA) is 22.1 Å². The Bertz CT molecular complexity index is 1310. The lowest BCUT2D eigenvalue weighted by molar-refractivity contribution is -0.137. The first-order valence-electron chi connectivity index (χ1n) is 11.0. The lowest BCUT2D eigenvalue weighted by Gasteiger charge is -2.20. The van der Waals surface area contributed by atoms with E-state index in [1.807, 2.05) is 13.8 Å². The Morgan fingerprint density at radius 3 is 1.97 bits per heavy atom. The molecule has 0 aliphatic rings. The van der Waals surface area contributed by atoms with Crippen LogP contribution < -0.4 is 4.74 Å². The predicted molar refractivity (Wildman–Crippen MR) is 125 cm³/mol. The van der Waals surface area contributed by atoms with Crippen LogP contribution in [0.1, 0.15) is 36.6 Å². The Balaban J connectivity index is 1.81. The van der Waals surface area contributed by atoms with Crippen molar-refractivity contribution in [3.8, 4) is 28.1 Å². The van der Waals surface area contributed by atoms with Crippen molar-refractivity contribution in [3.05, 3.63) is 107 Å². The molecule has 35 heavy (non-hydrogen) atoms. The molecule has 0 amide bonds. The predicted octanol–water partition coefficient (Wildman–Crippen LogP) is 8.42. The van der Waals surface area contributed by atoms with Crippen LogP contribution in [-0.4, -0.2) is 4.98 Å². The summed E-state index contributed by atoms with van der Waals surface area (Å²) < 4.78 is 72.3. The third-order valence-electron chi connectivity index (χ3n) is 5.54. The number of rotatable bonds is 6. The number of halogens is 5. The zero-order valence-corrected chi connectivity index (χ0v) is 19.0. The molecule has 0 N–H and O–H groups in total. The maximum atomic E-state index is 13.6. The molecule has 4 rings (SSSR count). The second kappa shape index (κ2) is 9.86. The van der Waals surface area contributed by atoms with E-state index in [2.05, 4.69) is 0 Å². The molecular formula is C28H22F5NO. The molecule has 0 fully saturated rings. The molecular weight excluding hydrogens is 461 g/mol. The molecule has 1 heterocycles. The highest BCUT2D eigenvalue weighted by Crippen LogP contribution is 2.35. The quantitative estimate of drug-likeness (QED) is 0.257. The molecule has 4 aromatic rings. The van der Waals surface area contributed by atoms with Gasteiger partial charge in [-0.25, -0.2) is 8.78 Å². The summed E-state index contributed by atoms with van der Waals surface area (Å²) in [6, 6.07) is 18.3. The van der Waals surface area contributed by atoms with Gasteiger partial charge in [-0.05, 0) is 77.7 Å². The first-order chi connectivity index (χ1) is 16.6. The van der Waals surface area contributed by atoms with Gasteiger partial charge in [-0.15, -0.1) is 0 Å². The second-order valence-electron chi connectivity index (χ2n) is 8.40. The Morgan fingerprint density at radius 2 is 1.40 bits per heavy atom. The van der Waals surface area contributed by atoms with Crippen molar-refractivity contribution in [2.24, 2.45) is 0 Å². The van der Waals surface area contributed by atoms with Crippen LogP contribution in [0, 0.1) is 11.6 Å². The van der Waals surface area contributed by atoms with Crippen LogP contribution in [-0.2, 0) is 12.8 Å². The maximum Gasteiger partial charge on any atom is 0.416 e. The van der Waals surface area contributed by atoms with E-state index in [0.717, 1.165) is 12.1 Å². The van der Waals surface area contributed by atoms with Gasteiger partial charge in [0.1, 0.15) is 24.0 Å². The molecule has 0 aliphatic heterocycles. The molecule has 0 spiro atoms. The molecule has 0 bridgehead atoms. The molecule has 0 saturated carbocycles. The Morgan fingerprint density at radius 1 is 0.800 bits per heavy atom. The average molecular weight is 483 g/mol. The maximum absolute atomic E-state index is 13.6. The first-order valence-corrected chi connectivity index (χ1v) is 11.0. The number of hydrogen-bond acceptors (Lipinski definition) is 2. The van der Waals surface area contributed by atoms with E-state index in [1.165, 1.54) is 36.4 Å². The van der Waals surface area contributed by atoms with E-state index in [4.69, 9.17) is 9.72 Å².